The number of likely N-dealkylation sites (N-methyl/N-ethyl adjacent to an activating group) is 1. The Kier molecular flexibility index (Phi) is 7.13. The van der Waals surface area contributed by atoms with Crippen LogP contribution < -0.4 is 10.1 Å². The van der Waals surface area contributed by atoms with Crippen molar-refractivity contribution in [2.45, 2.75) is 57.2 Å². The van der Waals surface area contributed by atoms with E-state index in [0.29, 0.717) is 25.0 Å². The van der Waals surface area contributed by atoms with E-state index in [1.165, 1.54) is 24.0 Å². The van der Waals surface area contributed by atoms with Crippen LogP contribution in [0.3, 0.4) is 0 Å². The van der Waals surface area contributed by atoms with E-state index in [0.717, 1.165) is 43.8 Å². The fourth-order valence-electron chi connectivity index (χ4n) is 5.07. The highest BCUT2D eigenvalue weighted by Crippen LogP contribution is 2.28. The second-order valence-electron chi connectivity index (χ2n) is 8.86. The summed E-state index contributed by atoms with van der Waals surface area (Å²) in [5.41, 5.74) is 3.54. The molecule has 1 amide bonds. The molecule has 2 aromatic rings. The Morgan fingerprint density at radius 1 is 1.06 bits per heavy atom. The quantitative estimate of drug-likeness (QED) is 0.781. The van der Waals surface area contributed by atoms with Crippen molar-refractivity contribution in [2.75, 3.05) is 32.6 Å². The SMILES string of the molecule is COc1ccccc1CCCC(=O)N1Cc2ccccc2NCC[C@@H]2CC[C@H](C1)N2C. The second kappa shape index (κ2) is 10.2. The molecule has 0 radical (unpaired) electrons. The molecule has 2 aliphatic rings. The minimum absolute atomic E-state index is 0.251. The number of carbonyl (C=O) groups is 1. The van der Waals surface area contributed by atoms with Gasteiger partial charge in [0.25, 0.3) is 0 Å². The lowest BCUT2D eigenvalue weighted by Gasteiger charge is -2.31. The molecule has 5 nitrogen and oxygen atoms in total. The highest BCUT2D eigenvalue weighted by molar-refractivity contribution is 5.76. The van der Waals surface area contributed by atoms with Crippen molar-refractivity contribution in [3.63, 3.8) is 0 Å². The summed E-state index contributed by atoms with van der Waals surface area (Å²) in [4.78, 5) is 17.9. The molecule has 0 saturated carbocycles. The molecule has 0 unspecified atom stereocenters. The van der Waals surface area contributed by atoms with Gasteiger partial charge in [0, 0.05) is 43.8 Å². The maximum absolute atomic E-state index is 13.3. The number of benzene rings is 2. The Balaban J connectivity index is 1.46. The molecule has 0 aromatic heterocycles. The van der Waals surface area contributed by atoms with Gasteiger partial charge in [-0.3, -0.25) is 9.69 Å². The summed E-state index contributed by atoms with van der Waals surface area (Å²) in [6.45, 7) is 2.46. The Morgan fingerprint density at radius 2 is 1.84 bits per heavy atom. The first kappa shape index (κ1) is 21.7. The number of carbonyl (C=O) groups excluding carboxylic acids is 1. The van der Waals surface area contributed by atoms with Crippen LogP contribution in [0.1, 0.15) is 43.2 Å². The molecule has 4 rings (SSSR count). The standard InChI is InChI=1S/C26H35N3O2/c1-28-22-14-15-23(28)19-29(18-21-9-3-5-11-24(21)27-17-16-22)26(30)13-7-10-20-8-4-6-12-25(20)31-2/h3-6,8-9,11-12,22-23,27H,7,10,13-19H2,1-2H3/t22-,23+/m0/s1. The maximum Gasteiger partial charge on any atom is 0.222 e. The van der Waals surface area contributed by atoms with E-state index in [9.17, 15) is 4.79 Å². The Bertz CT molecular complexity index is 884. The van der Waals surface area contributed by atoms with Crippen LogP contribution in [0.2, 0.25) is 0 Å². The lowest BCUT2D eigenvalue weighted by molar-refractivity contribution is -0.132. The number of aryl methyl sites for hydroxylation is 1. The van der Waals surface area contributed by atoms with Crippen molar-refractivity contribution >= 4 is 11.6 Å². The molecule has 166 valence electrons. The van der Waals surface area contributed by atoms with Gasteiger partial charge in [0.1, 0.15) is 5.75 Å². The first-order chi connectivity index (χ1) is 15.2. The third kappa shape index (κ3) is 5.21. The number of nitrogens with one attached hydrogen (secondary N) is 1. The number of amides is 1. The topological polar surface area (TPSA) is 44.8 Å². The Labute approximate surface area is 186 Å². The number of hydrogen-bond donors (Lipinski definition) is 1. The third-order valence-corrected chi connectivity index (χ3v) is 6.97. The van der Waals surface area contributed by atoms with Crippen molar-refractivity contribution in [3.05, 3.63) is 59.7 Å². The van der Waals surface area contributed by atoms with Gasteiger partial charge in [-0.15, -0.1) is 0 Å². The minimum Gasteiger partial charge on any atom is -0.496 e. The molecule has 1 saturated heterocycles. The summed E-state index contributed by atoms with van der Waals surface area (Å²) in [7, 11) is 3.94. The van der Waals surface area contributed by atoms with Gasteiger partial charge in [-0.05, 0) is 62.4 Å². The number of nitrogens with zero attached hydrogens (tertiary/aromatic N) is 2. The molecule has 1 fully saturated rings. The second-order valence-corrected chi connectivity index (χ2v) is 8.86. The molecule has 5 heteroatoms. The van der Waals surface area contributed by atoms with Gasteiger partial charge in [-0.2, -0.15) is 0 Å². The average molecular weight is 422 g/mol. The normalized spacial score (nSPS) is 21.7. The summed E-state index contributed by atoms with van der Waals surface area (Å²) in [6.07, 6.45) is 5.79. The summed E-state index contributed by atoms with van der Waals surface area (Å²) < 4.78 is 5.46. The number of methoxy groups -OCH3 is 1. The van der Waals surface area contributed by atoms with Crippen LogP contribution >= 0.6 is 0 Å². The summed E-state index contributed by atoms with van der Waals surface area (Å²) in [5.74, 6) is 1.16. The highest BCUT2D eigenvalue weighted by atomic mass is 16.5. The predicted molar refractivity (Wildman–Crippen MR) is 125 cm³/mol. The van der Waals surface area contributed by atoms with E-state index in [1.807, 2.05) is 18.2 Å². The van der Waals surface area contributed by atoms with Crippen molar-refractivity contribution in [1.29, 1.82) is 0 Å². The number of para-hydroxylation sites is 2. The van der Waals surface area contributed by atoms with E-state index in [-0.39, 0.29) is 5.91 Å². The Morgan fingerprint density at radius 3 is 2.71 bits per heavy atom. The zero-order valence-corrected chi connectivity index (χ0v) is 18.8. The van der Waals surface area contributed by atoms with Gasteiger partial charge < -0.3 is 15.0 Å². The molecular formula is C26H35N3O2. The summed E-state index contributed by atoms with van der Waals surface area (Å²) >= 11 is 0. The minimum atomic E-state index is 0.251. The third-order valence-electron chi connectivity index (χ3n) is 6.97. The zero-order valence-electron chi connectivity index (χ0n) is 18.8. The van der Waals surface area contributed by atoms with E-state index in [1.54, 1.807) is 7.11 Å². The van der Waals surface area contributed by atoms with Crippen LogP contribution in [0.5, 0.6) is 5.75 Å². The molecule has 31 heavy (non-hydrogen) atoms. The van der Waals surface area contributed by atoms with E-state index >= 15 is 0 Å². The number of anilines is 1. The lowest BCUT2D eigenvalue weighted by atomic mass is 10.1. The smallest absolute Gasteiger partial charge is 0.222 e. The molecule has 2 atom stereocenters. The van der Waals surface area contributed by atoms with Gasteiger partial charge in [0.2, 0.25) is 5.91 Å². The molecule has 1 N–H and O–H groups in total. The fraction of sp³-hybridized carbons (Fsp3) is 0.500. The van der Waals surface area contributed by atoms with Crippen LogP contribution in [0.25, 0.3) is 0 Å². The van der Waals surface area contributed by atoms with Gasteiger partial charge in [0.15, 0.2) is 0 Å². The molecule has 2 aliphatic heterocycles. The molecule has 0 aliphatic carbocycles. The van der Waals surface area contributed by atoms with E-state index in [2.05, 4.69) is 52.5 Å². The molecule has 2 heterocycles. The highest BCUT2D eigenvalue weighted by Gasteiger charge is 2.33. The van der Waals surface area contributed by atoms with Crippen molar-refractivity contribution in [1.82, 2.24) is 9.80 Å². The first-order valence-corrected chi connectivity index (χ1v) is 11.6. The van der Waals surface area contributed by atoms with Crippen LogP contribution in [-0.2, 0) is 17.8 Å². The van der Waals surface area contributed by atoms with Gasteiger partial charge >= 0.3 is 0 Å². The van der Waals surface area contributed by atoms with Crippen molar-refractivity contribution < 1.29 is 9.53 Å². The number of fused-ring (bicyclic) bond motifs is 3. The fourth-order valence-corrected chi connectivity index (χ4v) is 5.07. The summed E-state index contributed by atoms with van der Waals surface area (Å²) in [6, 6.07) is 17.6. The van der Waals surface area contributed by atoms with Gasteiger partial charge in [0.05, 0.1) is 7.11 Å². The lowest BCUT2D eigenvalue weighted by Crippen LogP contribution is -2.43. The molecule has 0 spiro atoms. The number of ether oxygens (including phenoxy) is 1. The largest absolute Gasteiger partial charge is 0.496 e. The van der Waals surface area contributed by atoms with Gasteiger partial charge in [-0.25, -0.2) is 0 Å². The number of hydrogen-bond acceptors (Lipinski definition) is 4. The Hall–Kier alpha value is -2.53. The monoisotopic (exact) mass is 421 g/mol. The van der Waals surface area contributed by atoms with Crippen LogP contribution in [-0.4, -0.2) is 55.0 Å². The average Bonchev–Trinajstić information content (AvgIpc) is 3.12. The molecule has 2 aromatic carbocycles. The van der Waals surface area contributed by atoms with Crippen molar-refractivity contribution in [2.24, 2.45) is 0 Å². The first-order valence-electron chi connectivity index (χ1n) is 11.6. The predicted octanol–water partition coefficient (Wildman–Crippen LogP) is 4.33. The number of rotatable bonds is 5. The molecular weight excluding hydrogens is 386 g/mol. The molecule has 2 bridgehead atoms. The summed E-state index contributed by atoms with van der Waals surface area (Å²) in [5, 5.41) is 3.62. The van der Waals surface area contributed by atoms with Crippen LogP contribution in [0, 0.1) is 0 Å². The van der Waals surface area contributed by atoms with E-state index in [4.69, 9.17) is 4.74 Å². The maximum atomic E-state index is 13.3. The van der Waals surface area contributed by atoms with Gasteiger partial charge in [-0.1, -0.05) is 36.4 Å². The van der Waals surface area contributed by atoms with E-state index < -0.39 is 0 Å². The van der Waals surface area contributed by atoms with Crippen LogP contribution in [0.4, 0.5) is 5.69 Å². The van der Waals surface area contributed by atoms with Crippen molar-refractivity contribution in [3.8, 4) is 5.75 Å². The zero-order chi connectivity index (χ0) is 21.6. The van der Waals surface area contributed by atoms with Crippen LogP contribution in [0.15, 0.2) is 48.5 Å².